The summed E-state index contributed by atoms with van der Waals surface area (Å²) < 4.78 is 5.24. The van der Waals surface area contributed by atoms with Gasteiger partial charge in [0.25, 0.3) is 0 Å². The molecular formula is C17H13NO4. The Kier molecular flexibility index (Phi) is 3.84. The number of nitrogens with one attached hydrogen (secondary N) is 1. The second-order valence-electron chi connectivity index (χ2n) is 4.78. The van der Waals surface area contributed by atoms with Crippen LogP contribution in [0.25, 0.3) is 22.9 Å². The Hall–Kier alpha value is -2.73. The number of benzene rings is 2. The van der Waals surface area contributed by atoms with Crippen LogP contribution in [-0.4, -0.2) is 5.21 Å². The second kappa shape index (κ2) is 5.95. The van der Waals surface area contributed by atoms with E-state index in [-0.39, 0.29) is 11.3 Å². The van der Waals surface area contributed by atoms with E-state index in [0.29, 0.717) is 11.1 Å². The van der Waals surface area contributed by atoms with Crippen LogP contribution in [0.2, 0.25) is 0 Å². The molecule has 1 heterocycles. The van der Waals surface area contributed by atoms with Gasteiger partial charge in [-0.25, -0.2) is 10.0 Å². The molecule has 1 aromatic heterocycles. The van der Waals surface area contributed by atoms with Crippen LogP contribution in [0.1, 0.15) is 11.3 Å². The van der Waals surface area contributed by atoms with Crippen LogP contribution in [0.4, 0.5) is 5.69 Å². The molecule has 3 aromatic rings. The first-order chi connectivity index (χ1) is 10.6. The maximum Gasteiger partial charge on any atom is 0.344 e. The van der Waals surface area contributed by atoms with Crippen LogP contribution in [0.3, 0.4) is 0 Å². The van der Waals surface area contributed by atoms with Crippen molar-refractivity contribution in [2.24, 2.45) is 0 Å². The molecule has 22 heavy (non-hydrogen) atoms. The molecule has 0 bridgehead atoms. The summed E-state index contributed by atoms with van der Waals surface area (Å²) in [6.45, 7) is 0. The van der Waals surface area contributed by atoms with E-state index in [0.717, 1.165) is 10.9 Å². The van der Waals surface area contributed by atoms with Gasteiger partial charge >= 0.3 is 5.63 Å². The molecule has 0 spiro atoms. The minimum Gasteiger partial charge on any atom is -0.595 e. The molecule has 0 aliphatic heterocycles. The molecule has 0 aliphatic rings. The lowest BCUT2D eigenvalue weighted by Gasteiger charge is -2.10. The fourth-order valence-electron chi connectivity index (χ4n) is 2.15. The lowest BCUT2D eigenvalue weighted by atomic mass is 10.1. The predicted octanol–water partition coefficient (Wildman–Crippen LogP) is 2.37. The molecule has 5 heteroatoms. The second-order valence-corrected chi connectivity index (χ2v) is 4.78. The van der Waals surface area contributed by atoms with E-state index < -0.39 is 5.23 Å². The minimum atomic E-state index is -0.962. The Balaban J connectivity index is 1.90. The highest BCUT2D eigenvalue weighted by atomic mass is 16.8. The molecule has 1 atom stereocenters. The van der Waals surface area contributed by atoms with Crippen molar-refractivity contribution in [3.8, 4) is 0 Å². The summed E-state index contributed by atoms with van der Waals surface area (Å²) in [4.78, 5) is 11.9. The van der Waals surface area contributed by atoms with Crippen molar-refractivity contribution in [3.05, 3.63) is 81.5 Å². The van der Waals surface area contributed by atoms with Crippen molar-refractivity contribution < 1.29 is 14.9 Å². The minimum absolute atomic E-state index is 0.231. The zero-order chi connectivity index (χ0) is 15.5. The fourth-order valence-corrected chi connectivity index (χ4v) is 2.15. The van der Waals surface area contributed by atoms with Crippen LogP contribution in [0.15, 0.2) is 63.8 Å². The van der Waals surface area contributed by atoms with Crippen LogP contribution < -0.4 is 10.9 Å². The van der Waals surface area contributed by atoms with Gasteiger partial charge in [0.1, 0.15) is 5.76 Å². The Bertz CT molecular complexity index is 879. The maximum atomic E-state index is 11.9. The summed E-state index contributed by atoms with van der Waals surface area (Å²) in [6, 6.07) is 15.5. The van der Waals surface area contributed by atoms with E-state index in [2.05, 4.69) is 0 Å². The van der Waals surface area contributed by atoms with Crippen LogP contribution in [-0.2, 0) is 0 Å². The Morgan fingerprint density at radius 3 is 2.50 bits per heavy atom. The molecule has 3 rings (SSSR count). The Morgan fingerprint density at radius 1 is 1.05 bits per heavy atom. The highest BCUT2D eigenvalue weighted by Crippen LogP contribution is 2.14. The smallest absolute Gasteiger partial charge is 0.344 e. The molecule has 110 valence electrons. The summed E-state index contributed by atoms with van der Waals surface area (Å²) in [5.41, 5.74) is 0.675. The van der Waals surface area contributed by atoms with Gasteiger partial charge in [-0.15, -0.1) is 0 Å². The Labute approximate surface area is 125 Å². The number of rotatable bonds is 3. The van der Waals surface area contributed by atoms with E-state index >= 15 is 0 Å². The van der Waals surface area contributed by atoms with E-state index in [9.17, 15) is 10.0 Å². The van der Waals surface area contributed by atoms with E-state index in [4.69, 9.17) is 9.62 Å². The lowest BCUT2D eigenvalue weighted by Crippen LogP contribution is -2.99. The van der Waals surface area contributed by atoms with Gasteiger partial charge < -0.3 is 9.62 Å². The molecule has 0 saturated heterocycles. The number of fused-ring (bicyclic) bond motifs is 1. The first-order valence-electron chi connectivity index (χ1n) is 6.68. The average Bonchev–Trinajstić information content (AvgIpc) is 2.53. The molecule has 0 aliphatic carbocycles. The highest BCUT2D eigenvalue weighted by molar-refractivity contribution is 5.83. The zero-order valence-electron chi connectivity index (χ0n) is 11.5. The van der Waals surface area contributed by atoms with Gasteiger partial charge in [-0.3, -0.25) is 0 Å². The van der Waals surface area contributed by atoms with Gasteiger partial charge in [-0.2, -0.15) is 5.23 Å². The molecule has 0 amide bonds. The van der Waals surface area contributed by atoms with Gasteiger partial charge in [0.15, 0.2) is 5.69 Å². The van der Waals surface area contributed by atoms with E-state index in [1.54, 1.807) is 42.5 Å². The summed E-state index contributed by atoms with van der Waals surface area (Å²) in [7, 11) is 0. The van der Waals surface area contributed by atoms with Crippen LogP contribution >= 0.6 is 0 Å². The molecule has 1 unspecified atom stereocenters. The van der Waals surface area contributed by atoms with Crippen LogP contribution in [0, 0.1) is 5.21 Å². The molecule has 2 aromatic carbocycles. The monoisotopic (exact) mass is 295 g/mol. The first-order valence-corrected chi connectivity index (χ1v) is 6.68. The van der Waals surface area contributed by atoms with E-state index in [1.807, 2.05) is 12.1 Å². The predicted molar refractivity (Wildman–Crippen MR) is 83.6 cm³/mol. The summed E-state index contributed by atoms with van der Waals surface area (Å²) in [6.07, 6.45) is 3.45. The molecular weight excluding hydrogens is 282 g/mol. The summed E-state index contributed by atoms with van der Waals surface area (Å²) >= 11 is 0. The normalized spacial score (nSPS) is 12.8. The van der Waals surface area contributed by atoms with Crippen molar-refractivity contribution in [2.75, 3.05) is 0 Å². The molecule has 5 nitrogen and oxygen atoms in total. The highest BCUT2D eigenvalue weighted by Gasteiger charge is 2.02. The van der Waals surface area contributed by atoms with Crippen LogP contribution in [0.5, 0.6) is 0 Å². The third-order valence-corrected chi connectivity index (χ3v) is 3.29. The van der Waals surface area contributed by atoms with Crippen molar-refractivity contribution in [2.45, 2.75) is 0 Å². The van der Waals surface area contributed by atoms with Gasteiger partial charge in [0, 0.05) is 12.1 Å². The van der Waals surface area contributed by atoms with Gasteiger partial charge in [0.2, 0.25) is 0 Å². The molecule has 0 fully saturated rings. The van der Waals surface area contributed by atoms with Crippen molar-refractivity contribution in [1.82, 2.24) is 0 Å². The zero-order valence-corrected chi connectivity index (χ0v) is 11.5. The third-order valence-electron chi connectivity index (χ3n) is 3.29. The SMILES string of the molecule is O=c1oc(C=Cc2ccc([NH+]([O-])O)cc2)cc2ccccc12. The number of hydrogen-bond acceptors (Lipinski definition) is 4. The summed E-state index contributed by atoms with van der Waals surface area (Å²) in [5, 5.41) is 20.0. The third kappa shape index (κ3) is 2.96. The maximum absolute atomic E-state index is 11.9. The van der Waals surface area contributed by atoms with E-state index in [1.165, 1.54) is 12.1 Å². The lowest BCUT2D eigenvalue weighted by molar-refractivity contribution is -0.991. The molecule has 0 saturated carbocycles. The van der Waals surface area contributed by atoms with Gasteiger partial charge in [0.05, 0.1) is 5.39 Å². The standard InChI is InChI=1S/C17H13NO4/c19-17-16-4-2-1-3-13(16)11-15(22-17)10-7-12-5-8-14(9-6-12)18(20)21/h1-11,18,20H. The number of hydrogen-bond donors (Lipinski definition) is 2. The van der Waals surface area contributed by atoms with Gasteiger partial charge in [-0.1, -0.05) is 24.3 Å². The van der Waals surface area contributed by atoms with Gasteiger partial charge in [-0.05, 0) is 41.3 Å². The Morgan fingerprint density at radius 2 is 1.77 bits per heavy atom. The topological polar surface area (TPSA) is 77.9 Å². The van der Waals surface area contributed by atoms with Crippen molar-refractivity contribution in [1.29, 1.82) is 0 Å². The first kappa shape index (κ1) is 14.2. The molecule has 0 radical (unpaired) electrons. The quantitative estimate of drug-likeness (QED) is 0.727. The van der Waals surface area contributed by atoms with Crippen molar-refractivity contribution in [3.63, 3.8) is 0 Å². The fraction of sp³-hybridized carbons (Fsp3) is 0. The summed E-state index contributed by atoms with van der Waals surface area (Å²) in [5.74, 6) is 0.450. The largest absolute Gasteiger partial charge is 0.595 e. The average molecular weight is 295 g/mol. The van der Waals surface area contributed by atoms with Crippen molar-refractivity contribution >= 4 is 28.6 Å². The number of quaternary nitrogens is 1. The molecule has 2 N–H and O–H groups in total.